The average molecular weight is 422 g/mol. The van der Waals surface area contributed by atoms with E-state index in [-0.39, 0.29) is 30.9 Å². The van der Waals surface area contributed by atoms with Crippen molar-refractivity contribution in [3.63, 3.8) is 0 Å². The zero-order valence-corrected chi connectivity index (χ0v) is 17.3. The second-order valence-electron chi connectivity index (χ2n) is 8.25. The van der Waals surface area contributed by atoms with Gasteiger partial charge in [0.2, 0.25) is 5.91 Å². The molecule has 4 rings (SSSR count). The van der Waals surface area contributed by atoms with Crippen LogP contribution in [0.2, 0.25) is 0 Å². The largest absolute Gasteiger partial charge is 0.480 e. The summed E-state index contributed by atoms with van der Waals surface area (Å²) in [5.74, 6) is -1.31. The Bertz CT molecular complexity index is 955. The van der Waals surface area contributed by atoms with Gasteiger partial charge in [0.05, 0.1) is 0 Å². The lowest BCUT2D eigenvalue weighted by atomic mass is 9.98. The number of fused-ring (bicyclic) bond motifs is 3. The molecule has 2 aliphatic carbocycles. The van der Waals surface area contributed by atoms with E-state index in [1.54, 1.807) is 0 Å². The fourth-order valence-electron chi connectivity index (χ4n) is 4.19. The van der Waals surface area contributed by atoms with E-state index >= 15 is 0 Å². The molecule has 162 valence electrons. The Morgan fingerprint density at radius 1 is 1.00 bits per heavy atom. The molecule has 7 nitrogen and oxygen atoms in total. The summed E-state index contributed by atoms with van der Waals surface area (Å²) in [7, 11) is 0. The van der Waals surface area contributed by atoms with Crippen molar-refractivity contribution in [1.29, 1.82) is 0 Å². The van der Waals surface area contributed by atoms with Crippen molar-refractivity contribution in [2.45, 2.75) is 44.2 Å². The third-order valence-corrected chi connectivity index (χ3v) is 5.99. The maximum absolute atomic E-state index is 12.5. The van der Waals surface area contributed by atoms with Crippen LogP contribution in [-0.2, 0) is 14.3 Å². The summed E-state index contributed by atoms with van der Waals surface area (Å²) in [6, 6.07) is 14.9. The number of alkyl carbamates (subject to hydrolysis) is 1. The zero-order chi connectivity index (χ0) is 22.0. The molecule has 0 aliphatic heterocycles. The van der Waals surface area contributed by atoms with Gasteiger partial charge in [-0.05, 0) is 47.9 Å². The summed E-state index contributed by atoms with van der Waals surface area (Å²) >= 11 is 0. The highest BCUT2D eigenvalue weighted by Gasteiger charge is 2.35. The van der Waals surface area contributed by atoms with Crippen molar-refractivity contribution in [2.75, 3.05) is 6.61 Å². The Labute approximate surface area is 180 Å². The number of ether oxygens (including phenoxy) is 1. The van der Waals surface area contributed by atoms with Crippen LogP contribution in [0.3, 0.4) is 0 Å². The molecule has 1 fully saturated rings. The van der Waals surface area contributed by atoms with Crippen molar-refractivity contribution in [1.82, 2.24) is 10.6 Å². The highest BCUT2D eigenvalue weighted by molar-refractivity contribution is 5.84. The number of hydrogen-bond acceptors (Lipinski definition) is 4. The number of nitrogens with one attached hydrogen (secondary N) is 2. The second kappa shape index (κ2) is 8.79. The van der Waals surface area contributed by atoms with Gasteiger partial charge in [-0.15, -0.1) is 0 Å². The molecule has 2 atom stereocenters. The predicted octanol–water partition coefficient (Wildman–Crippen LogP) is 3.28. The van der Waals surface area contributed by atoms with E-state index < -0.39 is 24.0 Å². The summed E-state index contributed by atoms with van der Waals surface area (Å²) in [5.41, 5.74) is 4.59. The molecule has 0 bridgehead atoms. The molecule has 31 heavy (non-hydrogen) atoms. The second-order valence-corrected chi connectivity index (χ2v) is 8.25. The molecule has 0 heterocycles. The van der Waals surface area contributed by atoms with E-state index in [9.17, 15) is 14.4 Å². The molecule has 2 aliphatic rings. The predicted molar refractivity (Wildman–Crippen MR) is 115 cm³/mol. The monoisotopic (exact) mass is 422 g/mol. The summed E-state index contributed by atoms with van der Waals surface area (Å²) in [6.07, 6.45) is 1.33. The van der Waals surface area contributed by atoms with Crippen LogP contribution in [0, 0.1) is 5.92 Å². The molecule has 0 radical (unpaired) electrons. The number of hydrogen-bond donors (Lipinski definition) is 3. The average Bonchev–Trinajstić information content (AvgIpc) is 3.55. The molecule has 2 amide bonds. The van der Waals surface area contributed by atoms with Gasteiger partial charge in [0.1, 0.15) is 12.6 Å². The van der Waals surface area contributed by atoms with Gasteiger partial charge in [-0.2, -0.15) is 0 Å². The number of carbonyl (C=O) groups is 3. The fourth-order valence-corrected chi connectivity index (χ4v) is 4.19. The summed E-state index contributed by atoms with van der Waals surface area (Å²) in [5, 5.41) is 14.2. The Balaban J connectivity index is 1.36. The van der Waals surface area contributed by atoms with E-state index in [0.717, 1.165) is 35.1 Å². The highest BCUT2D eigenvalue weighted by Crippen LogP contribution is 2.44. The van der Waals surface area contributed by atoms with Gasteiger partial charge in [0.25, 0.3) is 0 Å². The summed E-state index contributed by atoms with van der Waals surface area (Å²) in [6.45, 7) is 1.62. The minimum atomic E-state index is -1.10. The van der Waals surface area contributed by atoms with E-state index in [4.69, 9.17) is 9.84 Å². The maximum Gasteiger partial charge on any atom is 0.407 e. The summed E-state index contributed by atoms with van der Waals surface area (Å²) in [4.78, 5) is 35.6. The van der Waals surface area contributed by atoms with Crippen molar-refractivity contribution in [2.24, 2.45) is 5.92 Å². The van der Waals surface area contributed by atoms with E-state index in [2.05, 4.69) is 34.9 Å². The molecular weight excluding hydrogens is 396 g/mol. The van der Waals surface area contributed by atoms with Crippen LogP contribution in [-0.4, -0.2) is 41.8 Å². The van der Waals surface area contributed by atoms with Crippen molar-refractivity contribution in [3.8, 4) is 11.1 Å². The van der Waals surface area contributed by atoms with Crippen LogP contribution in [0.15, 0.2) is 48.5 Å². The number of carboxylic acids is 1. The van der Waals surface area contributed by atoms with Gasteiger partial charge < -0.3 is 20.5 Å². The third-order valence-electron chi connectivity index (χ3n) is 5.99. The van der Waals surface area contributed by atoms with Crippen LogP contribution in [0.4, 0.5) is 4.79 Å². The Hall–Kier alpha value is -3.35. The first-order chi connectivity index (χ1) is 14.9. The van der Waals surface area contributed by atoms with Crippen molar-refractivity contribution < 1.29 is 24.2 Å². The van der Waals surface area contributed by atoms with Crippen LogP contribution in [0.25, 0.3) is 11.1 Å². The van der Waals surface area contributed by atoms with Gasteiger partial charge in [-0.25, -0.2) is 4.79 Å². The molecule has 3 N–H and O–H groups in total. The third kappa shape index (κ3) is 4.71. The molecule has 0 spiro atoms. The Morgan fingerprint density at radius 2 is 1.58 bits per heavy atom. The van der Waals surface area contributed by atoms with Gasteiger partial charge in [-0.1, -0.05) is 48.5 Å². The zero-order valence-electron chi connectivity index (χ0n) is 17.3. The lowest BCUT2D eigenvalue weighted by Crippen LogP contribution is -2.44. The molecule has 7 heteroatoms. The van der Waals surface area contributed by atoms with Crippen LogP contribution in [0.1, 0.15) is 43.2 Å². The lowest BCUT2D eigenvalue weighted by molar-refractivity contribution is -0.141. The quantitative estimate of drug-likeness (QED) is 0.606. The molecule has 0 aromatic heterocycles. The van der Waals surface area contributed by atoms with Gasteiger partial charge in [0, 0.05) is 18.4 Å². The minimum Gasteiger partial charge on any atom is -0.480 e. The molecule has 2 aromatic carbocycles. The molecular formula is C24H26N2O5. The van der Waals surface area contributed by atoms with Crippen molar-refractivity contribution >= 4 is 18.0 Å². The smallest absolute Gasteiger partial charge is 0.407 e. The number of benzene rings is 2. The first kappa shape index (κ1) is 20.9. The first-order valence-electron chi connectivity index (χ1n) is 10.6. The van der Waals surface area contributed by atoms with Gasteiger partial charge in [0.15, 0.2) is 0 Å². The molecule has 1 unspecified atom stereocenters. The summed E-state index contributed by atoms with van der Waals surface area (Å²) < 4.78 is 5.57. The fraction of sp³-hybridized carbons (Fsp3) is 0.375. The van der Waals surface area contributed by atoms with Gasteiger partial charge in [-0.3, -0.25) is 9.59 Å². The standard InChI is InChI=1S/C24H26N2O5/c1-14(23(28)29)25-22(27)12-21(15-10-11-15)26-24(30)31-13-20-18-8-4-2-6-16(18)17-7-3-5-9-19(17)20/h2-9,14-15,20-21H,10-13H2,1H3,(H,25,27)(H,26,30)(H,28,29)/t14-,21?/m1/s1. The topological polar surface area (TPSA) is 105 Å². The number of carbonyl (C=O) groups excluding carboxylic acids is 2. The molecule has 2 aromatic rings. The van der Waals surface area contributed by atoms with E-state index in [1.165, 1.54) is 6.92 Å². The number of rotatable bonds is 8. The van der Waals surface area contributed by atoms with Crippen molar-refractivity contribution in [3.05, 3.63) is 59.7 Å². The minimum absolute atomic E-state index is 0.0303. The van der Waals surface area contributed by atoms with E-state index in [1.807, 2.05) is 24.3 Å². The van der Waals surface area contributed by atoms with Crippen LogP contribution < -0.4 is 10.6 Å². The maximum atomic E-state index is 12.5. The number of carboxylic acid groups (broad SMARTS) is 1. The SMILES string of the molecule is C[C@@H](NC(=O)CC(NC(=O)OCC1c2ccccc2-c2ccccc21)C1CC1)C(=O)O. The lowest BCUT2D eigenvalue weighted by Gasteiger charge is -2.20. The Morgan fingerprint density at radius 3 is 2.13 bits per heavy atom. The number of amides is 2. The molecule has 1 saturated carbocycles. The molecule has 0 saturated heterocycles. The Kier molecular flexibility index (Phi) is 5.93. The highest BCUT2D eigenvalue weighted by atomic mass is 16.5. The van der Waals surface area contributed by atoms with Crippen LogP contribution in [0.5, 0.6) is 0 Å². The van der Waals surface area contributed by atoms with E-state index in [0.29, 0.717) is 0 Å². The van der Waals surface area contributed by atoms with Crippen LogP contribution >= 0.6 is 0 Å². The first-order valence-corrected chi connectivity index (χ1v) is 10.6. The van der Waals surface area contributed by atoms with Gasteiger partial charge >= 0.3 is 12.1 Å². The number of aliphatic carboxylic acids is 1. The normalized spacial score (nSPS) is 16.5.